The molecule has 0 atom stereocenters. The second-order valence-corrected chi connectivity index (χ2v) is 4.01. The molecule has 1 N–H and O–H groups in total. The topological polar surface area (TPSA) is 46.5 Å². The monoisotopic (exact) mass is 254 g/mol. The first kappa shape index (κ1) is 12.9. The molecule has 0 unspecified atom stereocenters. The maximum atomic E-state index is 12.4. The van der Waals surface area contributed by atoms with Crippen molar-refractivity contribution in [3.05, 3.63) is 72.0 Å². The largest absolute Gasteiger partial charge is 0.508 e. The summed E-state index contributed by atoms with van der Waals surface area (Å²) < 4.78 is 4.99. The number of methoxy groups -OCH3 is 1. The predicted octanol–water partition coefficient (Wildman–Crippen LogP) is 3.26. The number of Topliss-reactive ketones (excluding diaryl/α,β-unsaturated/α-hetero) is 1. The third-order valence-corrected chi connectivity index (χ3v) is 2.69. The molecular weight excluding hydrogens is 240 g/mol. The van der Waals surface area contributed by atoms with Crippen molar-refractivity contribution in [1.29, 1.82) is 0 Å². The predicted molar refractivity (Wildman–Crippen MR) is 73.9 cm³/mol. The molecule has 2 rings (SSSR count). The van der Waals surface area contributed by atoms with E-state index in [9.17, 15) is 9.90 Å². The van der Waals surface area contributed by atoms with E-state index in [1.54, 1.807) is 12.1 Å². The van der Waals surface area contributed by atoms with Crippen molar-refractivity contribution < 1.29 is 14.6 Å². The van der Waals surface area contributed by atoms with E-state index >= 15 is 0 Å². The van der Waals surface area contributed by atoms with Gasteiger partial charge in [0.1, 0.15) is 5.75 Å². The molecule has 0 heterocycles. The molecule has 0 spiro atoms. The van der Waals surface area contributed by atoms with E-state index in [-0.39, 0.29) is 11.5 Å². The number of ketones is 1. The zero-order valence-corrected chi connectivity index (χ0v) is 10.5. The molecule has 0 saturated carbocycles. The van der Waals surface area contributed by atoms with Crippen LogP contribution in [0.5, 0.6) is 5.75 Å². The zero-order valence-electron chi connectivity index (χ0n) is 10.5. The van der Waals surface area contributed by atoms with Gasteiger partial charge in [-0.05, 0) is 29.8 Å². The molecule has 0 fully saturated rings. The summed E-state index contributed by atoms with van der Waals surface area (Å²) in [6, 6.07) is 15.5. The van der Waals surface area contributed by atoms with Crippen molar-refractivity contribution in [3.63, 3.8) is 0 Å². The van der Waals surface area contributed by atoms with Gasteiger partial charge in [-0.1, -0.05) is 30.3 Å². The van der Waals surface area contributed by atoms with E-state index in [1.165, 1.54) is 25.5 Å². The fourth-order valence-corrected chi connectivity index (χ4v) is 1.76. The van der Waals surface area contributed by atoms with E-state index < -0.39 is 0 Å². The summed E-state index contributed by atoms with van der Waals surface area (Å²) in [6.45, 7) is 0. The number of carbonyl (C=O) groups is 1. The van der Waals surface area contributed by atoms with Crippen LogP contribution < -0.4 is 0 Å². The molecule has 0 radical (unpaired) electrons. The highest BCUT2D eigenvalue weighted by Gasteiger charge is 2.14. The Balaban J connectivity index is 2.38. The van der Waals surface area contributed by atoms with Crippen LogP contribution in [0.15, 0.2) is 60.9 Å². The molecule has 0 amide bonds. The van der Waals surface area contributed by atoms with Crippen molar-refractivity contribution >= 4 is 11.4 Å². The number of carbonyl (C=O) groups excluding carboxylic acids is 1. The molecule has 2 aromatic rings. The lowest BCUT2D eigenvalue weighted by Crippen LogP contribution is -2.03. The number of allylic oxidation sites excluding steroid dienone is 1. The van der Waals surface area contributed by atoms with Gasteiger partial charge in [0.2, 0.25) is 0 Å². The summed E-state index contributed by atoms with van der Waals surface area (Å²) >= 11 is 0. The first-order chi connectivity index (χ1) is 9.22. The van der Waals surface area contributed by atoms with Crippen LogP contribution >= 0.6 is 0 Å². The number of phenolic OH excluding ortho intramolecular Hbond substituents is 1. The molecule has 3 nitrogen and oxygen atoms in total. The highest BCUT2D eigenvalue weighted by molar-refractivity contribution is 6.28. The molecule has 3 heteroatoms. The molecule has 19 heavy (non-hydrogen) atoms. The van der Waals surface area contributed by atoms with Gasteiger partial charge in [-0.25, -0.2) is 0 Å². The van der Waals surface area contributed by atoms with E-state index in [1.807, 2.05) is 30.3 Å². The lowest BCUT2D eigenvalue weighted by atomic mass is 9.98. The maximum Gasteiger partial charge on any atom is 0.196 e. The van der Waals surface area contributed by atoms with Gasteiger partial charge in [0.05, 0.1) is 18.9 Å². The first-order valence-electron chi connectivity index (χ1n) is 5.84. The van der Waals surface area contributed by atoms with E-state index in [0.717, 1.165) is 5.56 Å². The van der Waals surface area contributed by atoms with Crippen LogP contribution in [-0.2, 0) is 4.74 Å². The molecule has 0 saturated heterocycles. The second-order valence-electron chi connectivity index (χ2n) is 4.01. The van der Waals surface area contributed by atoms with E-state index in [2.05, 4.69) is 0 Å². The summed E-state index contributed by atoms with van der Waals surface area (Å²) in [5.74, 6) is -0.0124. The van der Waals surface area contributed by atoms with Crippen molar-refractivity contribution in [1.82, 2.24) is 0 Å². The molecular formula is C16H14O3. The molecule has 0 aliphatic rings. The molecule has 0 aliphatic carbocycles. The van der Waals surface area contributed by atoms with Crippen LogP contribution in [0.1, 0.15) is 15.9 Å². The molecule has 96 valence electrons. The minimum Gasteiger partial charge on any atom is -0.508 e. The van der Waals surface area contributed by atoms with Crippen molar-refractivity contribution in [2.75, 3.05) is 7.11 Å². The lowest BCUT2D eigenvalue weighted by molar-refractivity contribution is 0.105. The number of ether oxygens (including phenoxy) is 1. The van der Waals surface area contributed by atoms with Gasteiger partial charge in [-0.2, -0.15) is 0 Å². The third-order valence-electron chi connectivity index (χ3n) is 2.69. The summed E-state index contributed by atoms with van der Waals surface area (Å²) in [4.78, 5) is 12.4. The van der Waals surface area contributed by atoms with Gasteiger partial charge >= 0.3 is 0 Å². The Kier molecular flexibility index (Phi) is 3.98. The summed E-state index contributed by atoms with van der Waals surface area (Å²) in [7, 11) is 1.51. The average Bonchev–Trinajstić information content (AvgIpc) is 2.46. The Morgan fingerprint density at radius 3 is 2.21 bits per heavy atom. The SMILES string of the molecule is COC=C(C(=O)c1ccc(O)cc1)c1ccccc1. The fraction of sp³-hybridized carbons (Fsp3) is 0.0625. The average molecular weight is 254 g/mol. The Morgan fingerprint density at radius 1 is 1.00 bits per heavy atom. The van der Waals surface area contributed by atoms with Crippen LogP contribution in [0, 0.1) is 0 Å². The Morgan fingerprint density at radius 2 is 1.63 bits per heavy atom. The van der Waals surface area contributed by atoms with Gasteiger partial charge in [-0.15, -0.1) is 0 Å². The summed E-state index contributed by atoms with van der Waals surface area (Å²) in [5, 5.41) is 9.25. The van der Waals surface area contributed by atoms with Crippen LogP contribution in [0.4, 0.5) is 0 Å². The van der Waals surface area contributed by atoms with Crippen LogP contribution in [0.2, 0.25) is 0 Å². The normalized spacial score (nSPS) is 11.1. The highest BCUT2D eigenvalue weighted by atomic mass is 16.5. The standard InChI is InChI=1S/C16H14O3/c1-19-11-15(12-5-3-2-4-6-12)16(18)13-7-9-14(17)10-8-13/h2-11,17H,1H3. The number of benzene rings is 2. The number of hydrogen-bond acceptors (Lipinski definition) is 3. The summed E-state index contributed by atoms with van der Waals surface area (Å²) in [5.41, 5.74) is 1.78. The smallest absolute Gasteiger partial charge is 0.196 e. The molecule has 2 aromatic carbocycles. The van der Waals surface area contributed by atoms with Crippen molar-refractivity contribution in [3.8, 4) is 5.75 Å². The van der Waals surface area contributed by atoms with E-state index in [0.29, 0.717) is 11.1 Å². The van der Waals surface area contributed by atoms with Gasteiger partial charge in [0.25, 0.3) is 0 Å². The lowest BCUT2D eigenvalue weighted by Gasteiger charge is -2.07. The van der Waals surface area contributed by atoms with Crippen LogP contribution in [0.3, 0.4) is 0 Å². The van der Waals surface area contributed by atoms with E-state index in [4.69, 9.17) is 4.74 Å². The molecule has 0 bridgehead atoms. The van der Waals surface area contributed by atoms with Gasteiger partial charge < -0.3 is 9.84 Å². The Labute approximate surface area is 111 Å². The minimum absolute atomic E-state index is 0.133. The fourth-order valence-electron chi connectivity index (χ4n) is 1.76. The molecule has 0 aromatic heterocycles. The van der Waals surface area contributed by atoms with Crippen LogP contribution in [-0.4, -0.2) is 18.0 Å². The van der Waals surface area contributed by atoms with Gasteiger partial charge in [-0.3, -0.25) is 4.79 Å². The zero-order chi connectivity index (χ0) is 13.7. The quantitative estimate of drug-likeness (QED) is 0.517. The summed E-state index contributed by atoms with van der Waals surface area (Å²) in [6.07, 6.45) is 1.44. The third kappa shape index (κ3) is 3.01. The van der Waals surface area contributed by atoms with Gasteiger partial charge in [0, 0.05) is 5.56 Å². The number of rotatable bonds is 4. The van der Waals surface area contributed by atoms with Crippen molar-refractivity contribution in [2.45, 2.75) is 0 Å². The molecule has 0 aliphatic heterocycles. The number of phenols is 1. The van der Waals surface area contributed by atoms with Gasteiger partial charge in [0.15, 0.2) is 5.78 Å². The minimum atomic E-state index is -0.145. The van der Waals surface area contributed by atoms with Crippen LogP contribution in [0.25, 0.3) is 5.57 Å². The second kappa shape index (κ2) is 5.87. The highest BCUT2D eigenvalue weighted by Crippen LogP contribution is 2.21. The number of hydrogen-bond donors (Lipinski definition) is 1. The van der Waals surface area contributed by atoms with Crippen molar-refractivity contribution in [2.24, 2.45) is 0 Å². The first-order valence-corrected chi connectivity index (χ1v) is 5.84. The Hall–Kier alpha value is -2.55. The number of aromatic hydroxyl groups is 1. The Bertz CT molecular complexity index is 583. The maximum absolute atomic E-state index is 12.4.